The van der Waals surface area contributed by atoms with E-state index in [-0.39, 0.29) is 11.8 Å². The second-order valence-electron chi connectivity index (χ2n) is 6.72. The minimum atomic E-state index is -0.339. The summed E-state index contributed by atoms with van der Waals surface area (Å²) in [4.78, 5) is 0. The number of aromatic amines is 1. The highest BCUT2D eigenvalue weighted by Crippen LogP contribution is 2.47. The predicted octanol–water partition coefficient (Wildman–Crippen LogP) is 4.24. The van der Waals surface area contributed by atoms with Crippen LogP contribution in [0.25, 0.3) is 21.5 Å². The third-order valence-electron chi connectivity index (χ3n) is 5.23. The van der Waals surface area contributed by atoms with E-state index >= 15 is 0 Å². The quantitative estimate of drug-likeness (QED) is 0.502. The van der Waals surface area contributed by atoms with E-state index in [2.05, 4.69) is 46.6 Å². The van der Waals surface area contributed by atoms with Gasteiger partial charge in [0.25, 0.3) is 0 Å². The largest absolute Gasteiger partial charge is 0.420 e. The molecule has 0 unspecified atom stereocenters. The topological polar surface area (TPSA) is 87.7 Å². The Balaban J connectivity index is 1.98. The van der Waals surface area contributed by atoms with E-state index in [0.29, 0.717) is 11.5 Å². The minimum absolute atomic E-state index is 0.110. The maximum absolute atomic E-state index is 9.89. The van der Waals surface area contributed by atoms with E-state index in [0.717, 1.165) is 38.4 Å². The van der Waals surface area contributed by atoms with Gasteiger partial charge in [0.15, 0.2) is 0 Å². The molecule has 0 amide bonds. The molecule has 1 aromatic heterocycles. The van der Waals surface area contributed by atoms with Crippen LogP contribution in [0.1, 0.15) is 22.7 Å². The van der Waals surface area contributed by atoms with E-state index in [4.69, 9.17) is 10.5 Å². The summed E-state index contributed by atoms with van der Waals surface area (Å²) in [6.07, 6.45) is 0. The van der Waals surface area contributed by atoms with Crippen LogP contribution in [0.15, 0.2) is 66.1 Å². The van der Waals surface area contributed by atoms with Gasteiger partial charge in [-0.15, -0.1) is 5.10 Å². The first-order valence-electron chi connectivity index (χ1n) is 8.72. The molecule has 0 radical (unpaired) electrons. The van der Waals surface area contributed by atoms with Crippen molar-refractivity contribution in [2.24, 2.45) is 5.73 Å². The molecule has 2 heterocycles. The van der Waals surface area contributed by atoms with Crippen LogP contribution in [0.5, 0.6) is 5.88 Å². The standard InChI is InChI=1S/C22H16N4O/c1-12-18-20(17(11-23)21(24)27-22(18)26-25-12)19-15-8-4-2-6-13(15)10-14-7-3-5-9-16(14)19/h2-10,20H,24H2,1H3,(H,25,26)/t20-/m0/s1. The van der Waals surface area contributed by atoms with Gasteiger partial charge in [-0.3, -0.25) is 5.10 Å². The van der Waals surface area contributed by atoms with Gasteiger partial charge in [-0.2, -0.15) is 5.26 Å². The smallest absolute Gasteiger partial charge is 0.244 e. The molecule has 1 aliphatic heterocycles. The number of aromatic nitrogens is 2. The van der Waals surface area contributed by atoms with Gasteiger partial charge in [0.2, 0.25) is 11.8 Å². The van der Waals surface area contributed by atoms with Gasteiger partial charge < -0.3 is 10.5 Å². The Bertz CT molecular complexity index is 1240. The fraction of sp³-hybridized carbons (Fsp3) is 0.0909. The zero-order valence-corrected chi connectivity index (χ0v) is 14.7. The summed E-state index contributed by atoms with van der Waals surface area (Å²) in [7, 11) is 0. The summed E-state index contributed by atoms with van der Waals surface area (Å²) in [5.74, 6) is 0.207. The third kappa shape index (κ3) is 2.14. The van der Waals surface area contributed by atoms with Gasteiger partial charge in [0.1, 0.15) is 11.6 Å². The van der Waals surface area contributed by atoms with Gasteiger partial charge in [0, 0.05) is 11.3 Å². The average molecular weight is 352 g/mol. The maximum Gasteiger partial charge on any atom is 0.244 e. The molecule has 5 rings (SSSR count). The number of benzene rings is 3. The molecular weight excluding hydrogens is 336 g/mol. The highest BCUT2D eigenvalue weighted by molar-refractivity contribution is 6.03. The Kier molecular flexibility index (Phi) is 3.22. The Morgan fingerprint density at radius 2 is 1.67 bits per heavy atom. The van der Waals surface area contributed by atoms with E-state index in [1.165, 1.54) is 0 Å². The van der Waals surface area contributed by atoms with Crippen LogP contribution in [0.3, 0.4) is 0 Å². The van der Waals surface area contributed by atoms with Crippen molar-refractivity contribution in [3.63, 3.8) is 0 Å². The van der Waals surface area contributed by atoms with Crippen molar-refractivity contribution in [1.82, 2.24) is 10.2 Å². The second-order valence-corrected chi connectivity index (χ2v) is 6.72. The first kappa shape index (κ1) is 15.5. The highest BCUT2D eigenvalue weighted by atomic mass is 16.5. The van der Waals surface area contributed by atoms with E-state index < -0.39 is 0 Å². The van der Waals surface area contributed by atoms with Crippen molar-refractivity contribution in [1.29, 1.82) is 5.26 Å². The van der Waals surface area contributed by atoms with Crippen molar-refractivity contribution < 1.29 is 4.74 Å². The number of fused-ring (bicyclic) bond motifs is 3. The lowest BCUT2D eigenvalue weighted by Crippen LogP contribution is -2.21. The number of allylic oxidation sites excluding steroid dienone is 1. The van der Waals surface area contributed by atoms with Crippen molar-refractivity contribution >= 4 is 21.5 Å². The van der Waals surface area contributed by atoms with Crippen molar-refractivity contribution in [3.8, 4) is 11.9 Å². The number of hydrogen-bond donors (Lipinski definition) is 2. The number of ether oxygens (including phenoxy) is 1. The Morgan fingerprint density at radius 3 is 2.30 bits per heavy atom. The SMILES string of the molecule is Cc1[nH]nc2c1[C@@H](c1c3ccccc3cc3ccccc13)C(C#N)=C(N)O2. The van der Waals surface area contributed by atoms with Gasteiger partial charge >= 0.3 is 0 Å². The van der Waals surface area contributed by atoms with Crippen LogP contribution in [0, 0.1) is 18.3 Å². The number of nitrogens with one attached hydrogen (secondary N) is 1. The molecule has 0 fully saturated rings. The molecule has 130 valence electrons. The Labute approximate surface area is 155 Å². The summed E-state index contributed by atoms with van der Waals surface area (Å²) in [6, 6.07) is 20.9. The summed E-state index contributed by atoms with van der Waals surface area (Å²) in [6.45, 7) is 1.94. The molecule has 0 saturated carbocycles. The van der Waals surface area contributed by atoms with E-state index in [1.807, 2.05) is 31.2 Å². The number of aryl methyl sites for hydroxylation is 1. The lowest BCUT2D eigenvalue weighted by molar-refractivity contribution is 0.379. The summed E-state index contributed by atoms with van der Waals surface area (Å²) in [5, 5.41) is 21.5. The first-order chi connectivity index (χ1) is 13.2. The molecule has 27 heavy (non-hydrogen) atoms. The summed E-state index contributed by atoms with van der Waals surface area (Å²) >= 11 is 0. The normalized spacial score (nSPS) is 16.2. The number of nitrogens with two attached hydrogens (primary N) is 1. The third-order valence-corrected chi connectivity index (χ3v) is 5.23. The van der Waals surface area contributed by atoms with Crippen LogP contribution in [0.2, 0.25) is 0 Å². The van der Waals surface area contributed by atoms with E-state index in [9.17, 15) is 5.26 Å². The molecule has 3 N–H and O–H groups in total. The number of nitriles is 1. The minimum Gasteiger partial charge on any atom is -0.420 e. The van der Waals surface area contributed by atoms with E-state index in [1.54, 1.807) is 0 Å². The number of hydrogen-bond acceptors (Lipinski definition) is 4. The molecule has 1 aliphatic rings. The zero-order valence-electron chi connectivity index (χ0n) is 14.7. The fourth-order valence-electron chi connectivity index (χ4n) is 4.05. The summed E-state index contributed by atoms with van der Waals surface area (Å²) in [5.41, 5.74) is 9.31. The Morgan fingerprint density at radius 1 is 1.04 bits per heavy atom. The predicted molar refractivity (Wildman–Crippen MR) is 104 cm³/mol. The molecule has 5 nitrogen and oxygen atoms in total. The number of H-pyrrole nitrogens is 1. The molecule has 0 saturated heterocycles. The highest BCUT2D eigenvalue weighted by Gasteiger charge is 2.36. The molecule has 0 bridgehead atoms. The van der Waals surface area contributed by atoms with Crippen LogP contribution >= 0.6 is 0 Å². The van der Waals surface area contributed by atoms with Crippen LogP contribution in [-0.4, -0.2) is 10.2 Å². The molecule has 0 spiro atoms. The average Bonchev–Trinajstić information content (AvgIpc) is 3.05. The van der Waals surface area contributed by atoms with Crippen molar-refractivity contribution in [2.75, 3.05) is 0 Å². The lowest BCUT2D eigenvalue weighted by Gasteiger charge is -2.26. The van der Waals surface area contributed by atoms with Gasteiger partial charge in [-0.05, 0) is 40.1 Å². The van der Waals surface area contributed by atoms with Crippen LogP contribution in [-0.2, 0) is 0 Å². The van der Waals surface area contributed by atoms with Gasteiger partial charge in [-0.1, -0.05) is 48.5 Å². The monoisotopic (exact) mass is 352 g/mol. The second kappa shape index (κ2) is 5.61. The van der Waals surface area contributed by atoms with Crippen LogP contribution in [0.4, 0.5) is 0 Å². The van der Waals surface area contributed by atoms with Gasteiger partial charge in [0.05, 0.1) is 5.92 Å². The van der Waals surface area contributed by atoms with Gasteiger partial charge in [-0.25, -0.2) is 0 Å². The number of nitrogens with zero attached hydrogens (tertiary/aromatic N) is 2. The zero-order chi connectivity index (χ0) is 18.5. The van der Waals surface area contributed by atoms with Crippen molar-refractivity contribution in [2.45, 2.75) is 12.8 Å². The molecule has 0 aliphatic carbocycles. The van der Waals surface area contributed by atoms with Crippen LogP contribution < -0.4 is 10.5 Å². The molecule has 1 atom stereocenters. The lowest BCUT2D eigenvalue weighted by atomic mass is 9.79. The number of rotatable bonds is 1. The Hall–Kier alpha value is -3.78. The summed E-state index contributed by atoms with van der Waals surface area (Å²) < 4.78 is 5.62. The first-order valence-corrected chi connectivity index (χ1v) is 8.72. The molecule has 3 aromatic carbocycles. The molecule has 5 heteroatoms. The maximum atomic E-state index is 9.89. The molecular formula is C22H16N4O. The molecule has 4 aromatic rings. The van der Waals surface area contributed by atoms with Crippen molar-refractivity contribution in [3.05, 3.63) is 82.9 Å². The fourth-order valence-corrected chi connectivity index (χ4v) is 4.05.